The van der Waals surface area contributed by atoms with Crippen molar-refractivity contribution < 1.29 is 4.79 Å². The van der Waals surface area contributed by atoms with Gasteiger partial charge < -0.3 is 0 Å². The number of hydrogen-bond acceptors (Lipinski definition) is 1. The predicted molar refractivity (Wildman–Crippen MR) is 71.6 cm³/mol. The Hall–Kier alpha value is -2.53. The Morgan fingerprint density at radius 1 is 1.00 bits per heavy atom. The van der Waals surface area contributed by atoms with E-state index in [9.17, 15) is 4.79 Å². The summed E-state index contributed by atoms with van der Waals surface area (Å²) in [5, 5.41) is 0. The van der Waals surface area contributed by atoms with E-state index >= 15 is 0 Å². The van der Waals surface area contributed by atoms with Crippen LogP contribution in [0.5, 0.6) is 0 Å². The van der Waals surface area contributed by atoms with Crippen molar-refractivity contribution in [3.63, 3.8) is 0 Å². The first-order valence-corrected chi connectivity index (χ1v) is 5.68. The van der Waals surface area contributed by atoms with Crippen LogP contribution in [0.15, 0.2) is 60.7 Å². The molecule has 0 aromatic heterocycles. The minimum atomic E-state index is -0.151. The van der Waals surface area contributed by atoms with Crippen LogP contribution in [0, 0.1) is 12.5 Å². The molecule has 0 atom stereocenters. The smallest absolute Gasteiger partial charge is 0.265 e. The molecular weight excluding hydrogens is 222 g/mol. The van der Waals surface area contributed by atoms with Crippen LogP contribution in [0.4, 0.5) is 0 Å². The molecule has 0 bridgehead atoms. The second-order valence-corrected chi connectivity index (χ2v) is 3.87. The van der Waals surface area contributed by atoms with Crippen LogP contribution in [-0.2, 0) is 6.54 Å². The molecule has 2 rings (SSSR count). The molecule has 0 saturated carbocycles. The van der Waals surface area contributed by atoms with Gasteiger partial charge in [-0.25, -0.2) is 0 Å². The van der Waals surface area contributed by atoms with Gasteiger partial charge in [-0.1, -0.05) is 55.0 Å². The number of carbonyl (C=O) groups excluding carboxylic acids is 1. The Kier molecular flexibility index (Phi) is 3.78. The molecule has 0 radical (unpaired) electrons. The first-order chi connectivity index (χ1) is 8.81. The molecule has 2 aromatic carbocycles. The average Bonchev–Trinajstić information content (AvgIpc) is 2.46. The number of carbonyl (C=O) groups is 1. The zero-order chi connectivity index (χ0) is 12.8. The van der Waals surface area contributed by atoms with Gasteiger partial charge in [0.05, 0.1) is 6.54 Å². The maximum atomic E-state index is 12.2. The van der Waals surface area contributed by atoms with E-state index in [1.807, 2.05) is 48.5 Å². The zero-order valence-corrected chi connectivity index (χ0v) is 9.91. The number of nitrogens with zero attached hydrogens (tertiary/aromatic N) is 1. The van der Waals surface area contributed by atoms with E-state index in [0.29, 0.717) is 12.1 Å². The summed E-state index contributed by atoms with van der Waals surface area (Å²) < 4.78 is 0. The first-order valence-electron chi connectivity index (χ1n) is 5.68. The average molecular weight is 235 g/mol. The minimum Gasteiger partial charge on any atom is -0.268 e. The molecule has 0 fully saturated rings. The lowest BCUT2D eigenvalue weighted by molar-refractivity contribution is 0.0827. The number of terminal acetylenes is 1. The van der Waals surface area contributed by atoms with Crippen LogP contribution in [0.2, 0.25) is 0 Å². The molecule has 0 saturated heterocycles. The van der Waals surface area contributed by atoms with E-state index in [1.165, 1.54) is 4.90 Å². The van der Waals surface area contributed by atoms with E-state index in [-0.39, 0.29) is 5.91 Å². The summed E-state index contributed by atoms with van der Waals surface area (Å²) in [5.41, 5.74) is 1.62. The van der Waals surface area contributed by atoms with E-state index in [0.717, 1.165) is 5.56 Å². The third-order valence-corrected chi connectivity index (χ3v) is 2.61. The quantitative estimate of drug-likeness (QED) is 0.591. The molecule has 18 heavy (non-hydrogen) atoms. The van der Waals surface area contributed by atoms with Gasteiger partial charge in [-0.15, -0.1) is 0 Å². The summed E-state index contributed by atoms with van der Waals surface area (Å²) in [6.45, 7) is 0.422. The third-order valence-electron chi connectivity index (χ3n) is 2.61. The van der Waals surface area contributed by atoms with Crippen LogP contribution in [0.3, 0.4) is 0 Å². The highest BCUT2D eigenvalue weighted by molar-refractivity contribution is 5.95. The second kappa shape index (κ2) is 5.70. The standard InChI is InChI=1S/C16H13NO/c1-2-17(13-14-9-5-3-6-10-14)16(18)15-11-7-4-8-12-15/h1,3-12H,13H2. The Bertz CT molecular complexity index is 555. The van der Waals surface area contributed by atoms with Crippen molar-refractivity contribution >= 4 is 5.91 Å². The Labute approximate surface area is 107 Å². The minimum absolute atomic E-state index is 0.151. The highest BCUT2D eigenvalue weighted by Gasteiger charge is 2.13. The summed E-state index contributed by atoms with van der Waals surface area (Å²) in [7, 11) is 0. The van der Waals surface area contributed by atoms with Gasteiger partial charge >= 0.3 is 0 Å². The lowest BCUT2D eigenvalue weighted by Crippen LogP contribution is -2.25. The molecule has 0 aliphatic carbocycles. The molecule has 0 N–H and O–H groups in total. The Morgan fingerprint density at radius 2 is 1.56 bits per heavy atom. The first kappa shape index (κ1) is 11.9. The van der Waals surface area contributed by atoms with Crippen molar-refractivity contribution in [2.24, 2.45) is 0 Å². The molecular formula is C16H13NO. The summed E-state index contributed by atoms with van der Waals surface area (Å²) in [5.74, 6) is -0.151. The number of amides is 1. The fourth-order valence-electron chi connectivity index (χ4n) is 1.68. The second-order valence-electron chi connectivity index (χ2n) is 3.87. The molecule has 0 heterocycles. The molecule has 2 nitrogen and oxygen atoms in total. The summed E-state index contributed by atoms with van der Waals surface area (Å²) in [4.78, 5) is 13.5. The normalized spacial score (nSPS) is 9.50. The molecule has 88 valence electrons. The van der Waals surface area contributed by atoms with Crippen molar-refractivity contribution in [3.05, 3.63) is 71.8 Å². The zero-order valence-electron chi connectivity index (χ0n) is 9.91. The van der Waals surface area contributed by atoms with Crippen LogP contribution >= 0.6 is 0 Å². The van der Waals surface area contributed by atoms with Gasteiger partial charge in [-0.3, -0.25) is 9.69 Å². The van der Waals surface area contributed by atoms with Gasteiger partial charge in [0.15, 0.2) is 0 Å². The highest BCUT2D eigenvalue weighted by atomic mass is 16.2. The third kappa shape index (κ3) is 2.78. The lowest BCUT2D eigenvalue weighted by atomic mass is 10.1. The van der Waals surface area contributed by atoms with Gasteiger partial charge in [-0.05, 0) is 17.7 Å². The van der Waals surface area contributed by atoms with Crippen molar-refractivity contribution in [2.75, 3.05) is 0 Å². The number of hydrogen-bond donors (Lipinski definition) is 0. The number of benzene rings is 2. The van der Waals surface area contributed by atoms with E-state index < -0.39 is 0 Å². The lowest BCUT2D eigenvalue weighted by Gasteiger charge is -2.15. The molecule has 0 unspecified atom stereocenters. The summed E-state index contributed by atoms with van der Waals surface area (Å²) in [6, 6.07) is 21.2. The Morgan fingerprint density at radius 3 is 2.11 bits per heavy atom. The molecule has 1 amide bonds. The van der Waals surface area contributed by atoms with Gasteiger partial charge in [0, 0.05) is 11.6 Å². The molecule has 0 spiro atoms. The van der Waals surface area contributed by atoms with Crippen LogP contribution < -0.4 is 0 Å². The van der Waals surface area contributed by atoms with Gasteiger partial charge in [-0.2, -0.15) is 0 Å². The summed E-state index contributed by atoms with van der Waals surface area (Å²) >= 11 is 0. The van der Waals surface area contributed by atoms with E-state index in [1.54, 1.807) is 12.1 Å². The van der Waals surface area contributed by atoms with Crippen molar-refractivity contribution in [1.82, 2.24) is 4.90 Å². The fourth-order valence-corrected chi connectivity index (χ4v) is 1.68. The maximum Gasteiger partial charge on any atom is 0.265 e. The molecule has 0 aliphatic heterocycles. The number of rotatable bonds is 3. The molecule has 0 aliphatic rings. The van der Waals surface area contributed by atoms with Crippen molar-refractivity contribution in [2.45, 2.75) is 6.54 Å². The highest BCUT2D eigenvalue weighted by Crippen LogP contribution is 2.08. The topological polar surface area (TPSA) is 20.3 Å². The van der Waals surface area contributed by atoms with Gasteiger partial charge in [0.1, 0.15) is 0 Å². The summed E-state index contributed by atoms with van der Waals surface area (Å²) in [6.07, 6.45) is 5.41. The van der Waals surface area contributed by atoms with E-state index in [4.69, 9.17) is 6.42 Å². The monoisotopic (exact) mass is 235 g/mol. The Balaban J connectivity index is 2.16. The molecule has 2 aromatic rings. The van der Waals surface area contributed by atoms with Gasteiger partial charge in [0.2, 0.25) is 0 Å². The van der Waals surface area contributed by atoms with Crippen LogP contribution in [0.25, 0.3) is 0 Å². The predicted octanol–water partition coefficient (Wildman–Crippen LogP) is 2.92. The van der Waals surface area contributed by atoms with Crippen molar-refractivity contribution in [1.29, 1.82) is 0 Å². The largest absolute Gasteiger partial charge is 0.268 e. The maximum absolute atomic E-state index is 12.2. The molecule has 2 heteroatoms. The van der Waals surface area contributed by atoms with Gasteiger partial charge in [0.25, 0.3) is 5.91 Å². The SMILES string of the molecule is C#CN(Cc1ccccc1)C(=O)c1ccccc1. The van der Waals surface area contributed by atoms with Crippen LogP contribution in [0.1, 0.15) is 15.9 Å². The van der Waals surface area contributed by atoms with Crippen LogP contribution in [-0.4, -0.2) is 10.8 Å². The fraction of sp³-hybridized carbons (Fsp3) is 0.0625. The van der Waals surface area contributed by atoms with Crippen molar-refractivity contribution in [3.8, 4) is 12.5 Å². The van der Waals surface area contributed by atoms with E-state index in [2.05, 4.69) is 6.04 Å².